The van der Waals surface area contributed by atoms with E-state index in [1.807, 2.05) is 36.4 Å². The molecule has 1 aliphatic heterocycles. The molecule has 6 heteroatoms. The van der Waals surface area contributed by atoms with E-state index in [4.69, 9.17) is 9.47 Å². The van der Waals surface area contributed by atoms with Crippen LogP contribution in [0.3, 0.4) is 0 Å². The van der Waals surface area contributed by atoms with Gasteiger partial charge in [0.15, 0.2) is 0 Å². The van der Waals surface area contributed by atoms with Gasteiger partial charge in [-0.2, -0.15) is 0 Å². The first-order valence-electron chi connectivity index (χ1n) is 11.4. The van der Waals surface area contributed by atoms with E-state index in [1.54, 1.807) is 24.5 Å². The zero-order valence-corrected chi connectivity index (χ0v) is 19.3. The lowest BCUT2D eigenvalue weighted by Crippen LogP contribution is -2.31. The first-order valence-corrected chi connectivity index (χ1v) is 11.4. The molecule has 2 atom stereocenters. The normalized spacial score (nSPS) is 18.3. The molecule has 1 fully saturated rings. The maximum Gasteiger partial charge on any atom is 0.309 e. The third-order valence-electron chi connectivity index (χ3n) is 5.78. The molecule has 2 heterocycles. The van der Waals surface area contributed by atoms with Crippen molar-refractivity contribution >= 4 is 12.0 Å². The van der Waals surface area contributed by atoms with Crippen LogP contribution in [0.1, 0.15) is 49.3 Å². The van der Waals surface area contributed by atoms with Crippen LogP contribution in [-0.2, 0) is 16.1 Å². The maximum absolute atomic E-state index is 13.6. The lowest BCUT2D eigenvalue weighted by molar-refractivity contribution is -0.156. The minimum absolute atomic E-state index is 0.0198. The van der Waals surface area contributed by atoms with Crippen molar-refractivity contribution in [2.75, 3.05) is 0 Å². The van der Waals surface area contributed by atoms with E-state index in [0.29, 0.717) is 18.8 Å². The second kappa shape index (κ2) is 10.6. The van der Waals surface area contributed by atoms with Crippen LogP contribution < -0.4 is 4.74 Å². The number of aromatic nitrogens is 1. The molecular formula is C28H28FNO4. The predicted octanol–water partition coefficient (Wildman–Crippen LogP) is 5.67. The van der Waals surface area contributed by atoms with Crippen LogP contribution in [0.15, 0.2) is 67.0 Å². The molecule has 4 rings (SSSR count). The van der Waals surface area contributed by atoms with E-state index < -0.39 is 18.2 Å². The first-order chi connectivity index (χ1) is 16.4. The van der Waals surface area contributed by atoms with Crippen molar-refractivity contribution in [1.82, 2.24) is 4.98 Å². The van der Waals surface area contributed by atoms with Gasteiger partial charge in [0.25, 0.3) is 0 Å². The minimum Gasteiger partial charge on any atom is -0.489 e. The highest BCUT2D eigenvalue weighted by atomic mass is 19.1. The lowest BCUT2D eigenvalue weighted by Gasteiger charge is -2.24. The van der Waals surface area contributed by atoms with Gasteiger partial charge in [-0.05, 0) is 76.2 Å². The van der Waals surface area contributed by atoms with Crippen LogP contribution >= 0.6 is 0 Å². The van der Waals surface area contributed by atoms with Crippen LogP contribution in [0, 0.1) is 5.82 Å². The summed E-state index contributed by atoms with van der Waals surface area (Å²) in [5.41, 5.74) is 4.72. The number of hydrogen-bond acceptors (Lipinski definition) is 5. The average molecular weight is 462 g/mol. The Labute approximate surface area is 198 Å². The molecule has 2 unspecified atom stereocenters. The Hall–Kier alpha value is -3.51. The summed E-state index contributed by atoms with van der Waals surface area (Å²) in [4.78, 5) is 15.8. The molecule has 0 aliphatic carbocycles. The Kier molecular flexibility index (Phi) is 7.38. The van der Waals surface area contributed by atoms with Crippen LogP contribution in [0.4, 0.5) is 4.39 Å². The number of aliphatic hydroxyl groups is 1. The third-order valence-corrected chi connectivity index (χ3v) is 5.78. The third kappa shape index (κ3) is 5.88. The number of carbonyl (C=O) groups excluding carboxylic acids is 1. The van der Waals surface area contributed by atoms with Crippen molar-refractivity contribution in [3.63, 3.8) is 0 Å². The molecule has 2 aromatic carbocycles. The molecule has 0 amide bonds. The Morgan fingerprint density at radius 3 is 2.59 bits per heavy atom. The monoisotopic (exact) mass is 461 g/mol. The molecule has 0 radical (unpaired) electrons. The fourth-order valence-electron chi connectivity index (χ4n) is 4.04. The van der Waals surface area contributed by atoms with E-state index in [2.05, 4.69) is 18.8 Å². The van der Waals surface area contributed by atoms with Gasteiger partial charge in [-0.3, -0.25) is 9.78 Å². The Balaban J connectivity index is 1.73. The summed E-state index contributed by atoms with van der Waals surface area (Å²) in [5.74, 6) is 0.161. The Morgan fingerprint density at radius 1 is 1.18 bits per heavy atom. The largest absolute Gasteiger partial charge is 0.489 e. The second-order valence-electron chi connectivity index (χ2n) is 8.76. The second-order valence-corrected chi connectivity index (χ2v) is 8.76. The molecule has 1 aliphatic rings. The summed E-state index contributed by atoms with van der Waals surface area (Å²) in [6, 6.07) is 14.1. The number of pyridine rings is 1. The van der Waals surface area contributed by atoms with Gasteiger partial charge in [0.2, 0.25) is 0 Å². The molecule has 3 aromatic rings. The standard InChI is InChI=1S/C28H28FNO4/c1-18(2)26-15-24(33-17-19-9-11-30-12-10-19)16-27(20-3-5-21(29)6-4-20)25(26)8-7-23-13-22(31)14-28(32)34-23/h3-12,15-16,18,22-23,31H,13-14,17H2,1-2H3. The summed E-state index contributed by atoms with van der Waals surface area (Å²) < 4.78 is 25.2. The smallest absolute Gasteiger partial charge is 0.309 e. The van der Waals surface area contributed by atoms with Gasteiger partial charge in [0.05, 0.1) is 12.5 Å². The highest BCUT2D eigenvalue weighted by Gasteiger charge is 2.25. The molecule has 1 N–H and O–H groups in total. The number of cyclic esters (lactones) is 1. The van der Waals surface area contributed by atoms with E-state index in [1.165, 1.54) is 12.1 Å². The number of rotatable bonds is 7. The van der Waals surface area contributed by atoms with Gasteiger partial charge in [-0.15, -0.1) is 0 Å². The summed E-state index contributed by atoms with van der Waals surface area (Å²) in [7, 11) is 0. The van der Waals surface area contributed by atoms with Gasteiger partial charge in [0.1, 0.15) is 24.3 Å². The van der Waals surface area contributed by atoms with Crippen LogP contribution in [0.5, 0.6) is 5.75 Å². The van der Waals surface area contributed by atoms with Crippen molar-refractivity contribution in [2.24, 2.45) is 0 Å². The number of nitrogens with zero attached hydrogens (tertiary/aromatic N) is 1. The number of ether oxygens (including phenoxy) is 2. The van der Waals surface area contributed by atoms with Crippen LogP contribution in [0.2, 0.25) is 0 Å². The molecule has 0 saturated carbocycles. The molecule has 176 valence electrons. The quantitative estimate of drug-likeness (QED) is 0.459. The van der Waals surface area contributed by atoms with Gasteiger partial charge in [-0.1, -0.05) is 32.1 Å². The van der Waals surface area contributed by atoms with Crippen molar-refractivity contribution < 1.29 is 23.8 Å². The SMILES string of the molecule is CC(C)c1cc(OCc2ccncc2)cc(-c2ccc(F)cc2)c1C=CC1CC(O)CC(=O)O1. The van der Waals surface area contributed by atoms with Crippen molar-refractivity contribution in [1.29, 1.82) is 0 Å². The van der Waals surface area contributed by atoms with Crippen molar-refractivity contribution in [3.8, 4) is 16.9 Å². The predicted molar refractivity (Wildman–Crippen MR) is 129 cm³/mol. The fourth-order valence-corrected chi connectivity index (χ4v) is 4.04. The molecule has 5 nitrogen and oxygen atoms in total. The van der Waals surface area contributed by atoms with E-state index in [-0.39, 0.29) is 18.2 Å². The summed E-state index contributed by atoms with van der Waals surface area (Å²) in [5, 5.41) is 9.95. The maximum atomic E-state index is 13.6. The molecule has 0 spiro atoms. The fraction of sp³-hybridized carbons (Fsp3) is 0.286. The minimum atomic E-state index is -0.707. The number of halogens is 1. The van der Waals surface area contributed by atoms with Crippen molar-refractivity contribution in [2.45, 2.75) is 51.4 Å². The zero-order chi connectivity index (χ0) is 24.1. The zero-order valence-electron chi connectivity index (χ0n) is 19.3. The van der Waals surface area contributed by atoms with E-state index in [9.17, 15) is 14.3 Å². The summed E-state index contributed by atoms with van der Waals surface area (Å²) in [6.45, 7) is 4.59. The number of aliphatic hydroxyl groups excluding tert-OH is 1. The number of esters is 1. The Bertz CT molecular complexity index is 1160. The molecular weight excluding hydrogens is 433 g/mol. The molecule has 1 aromatic heterocycles. The van der Waals surface area contributed by atoms with E-state index >= 15 is 0 Å². The number of benzene rings is 2. The summed E-state index contributed by atoms with van der Waals surface area (Å²) in [6.07, 6.45) is 6.37. The van der Waals surface area contributed by atoms with Crippen LogP contribution in [-0.4, -0.2) is 28.3 Å². The van der Waals surface area contributed by atoms with E-state index in [0.717, 1.165) is 27.8 Å². The topological polar surface area (TPSA) is 68.7 Å². The number of hydrogen-bond donors (Lipinski definition) is 1. The lowest BCUT2D eigenvalue weighted by atomic mass is 9.89. The van der Waals surface area contributed by atoms with Gasteiger partial charge in [0, 0.05) is 18.8 Å². The average Bonchev–Trinajstić information content (AvgIpc) is 2.82. The Morgan fingerprint density at radius 2 is 1.91 bits per heavy atom. The molecule has 0 bridgehead atoms. The van der Waals surface area contributed by atoms with Gasteiger partial charge < -0.3 is 14.6 Å². The van der Waals surface area contributed by atoms with Gasteiger partial charge >= 0.3 is 5.97 Å². The molecule has 1 saturated heterocycles. The molecule has 34 heavy (non-hydrogen) atoms. The highest BCUT2D eigenvalue weighted by Crippen LogP contribution is 2.36. The summed E-state index contributed by atoms with van der Waals surface area (Å²) >= 11 is 0. The first kappa shape index (κ1) is 23.6. The van der Waals surface area contributed by atoms with Gasteiger partial charge in [-0.25, -0.2) is 4.39 Å². The van der Waals surface area contributed by atoms with Crippen molar-refractivity contribution in [3.05, 3.63) is 89.5 Å². The number of carbonyl (C=O) groups is 1. The highest BCUT2D eigenvalue weighted by molar-refractivity contribution is 5.79. The van der Waals surface area contributed by atoms with Crippen LogP contribution in [0.25, 0.3) is 17.2 Å².